The highest BCUT2D eigenvalue weighted by Crippen LogP contribution is 2.23. The number of hydrogen-bond donors (Lipinski definition) is 2. The van der Waals surface area contributed by atoms with Gasteiger partial charge in [0.2, 0.25) is 5.91 Å². The summed E-state index contributed by atoms with van der Waals surface area (Å²) in [5, 5.41) is 5.68. The maximum absolute atomic E-state index is 13.0. The number of carbonyl (C=O) groups is 2. The van der Waals surface area contributed by atoms with Gasteiger partial charge in [-0.25, -0.2) is 9.18 Å². The van der Waals surface area contributed by atoms with Gasteiger partial charge in [0.25, 0.3) is 0 Å². The lowest BCUT2D eigenvalue weighted by molar-refractivity contribution is -0.124. The largest absolute Gasteiger partial charge is 0.348 e. The van der Waals surface area contributed by atoms with Gasteiger partial charge < -0.3 is 15.5 Å². The van der Waals surface area contributed by atoms with Crippen LogP contribution in [-0.2, 0) is 4.79 Å². The number of benzene rings is 2. The van der Waals surface area contributed by atoms with E-state index in [1.807, 2.05) is 37.3 Å². The Balaban J connectivity index is 1.62. The van der Waals surface area contributed by atoms with E-state index in [2.05, 4.69) is 10.6 Å². The fraction of sp³-hybridized carbons (Fsp3) is 0.263. The highest BCUT2D eigenvalue weighted by atomic mass is 32.2. The van der Waals surface area contributed by atoms with Gasteiger partial charge in [0.1, 0.15) is 11.9 Å². The predicted molar refractivity (Wildman–Crippen MR) is 101 cm³/mol. The second-order valence-corrected chi connectivity index (χ2v) is 7.06. The van der Waals surface area contributed by atoms with Gasteiger partial charge in [-0.3, -0.25) is 4.79 Å². The molecule has 7 heteroatoms. The van der Waals surface area contributed by atoms with Crippen molar-refractivity contribution in [2.24, 2.45) is 0 Å². The van der Waals surface area contributed by atoms with Crippen molar-refractivity contribution >= 4 is 29.4 Å². The summed E-state index contributed by atoms with van der Waals surface area (Å²) in [5.74, 6) is 0.433. The first-order valence-corrected chi connectivity index (χ1v) is 9.46. The van der Waals surface area contributed by atoms with E-state index in [0.717, 1.165) is 5.56 Å². The van der Waals surface area contributed by atoms with E-state index in [1.165, 1.54) is 40.9 Å². The lowest BCUT2D eigenvalue weighted by atomic mass is 10.1. The molecule has 3 amide bonds. The number of halogens is 1. The van der Waals surface area contributed by atoms with Crippen LogP contribution in [0.25, 0.3) is 0 Å². The van der Waals surface area contributed by atoms with Crippen molar-refractivity contribution in [3.8, 4) is 0 Å². The molecule has 136 valence electrons. The normalized spacial score (nSPS) is 17.6. The molecule has 0 unspecified atom stereocenters. The SMILES string of the molecule is C[C@H](NC(=O)[C@@H]1CSCN1C(=O)Nc1ccc(F)cc1)c1ccccc1. The smallest absolute Gasteiger partial charge is 0.323 e. The van der Waals surface area contributed by atoms with Crippen LogP contribution in [0, 0.1) is 5.82 Å². The molecule has 0 spiro atoms. The van der Waals surface area contributed by atoms with Gasteiger partial charge in [0, 0.05) is 11.4 Å². The summed E-state index contributed by atoms with van der Waals surface area (Å²) in [6.07, 6.45) is 0. The van der Waals surface area contributed by atoms with Crippen molar-refractivity contribution in [3.63, 3.8) is 0 Å². The molecule has 0 aromatic heterocycles. The Morgan fingerprint density at radius 3 is 2.54 bits per heavy atom. The van der Waals surface area contributed by atoms with E-state index >= 15 is 0 Å². The molecular weight excluding hydrogens is 353 g/mol. The van der Waals surface area contributed by atoms with Crippen molar-refractivity contribution in [1.29, 1.82) is 0 Å². The number of rotatable bonds is 4. The monoisotopic (exact) mass is 373 g/mol. The summed E-state index contributed by atoms with van der Waals surface area (Å²) >= 11 is 1.53. The van der Waals surface area contributed by atoms with E-state index in [1.54, 1.807) is 0 Å². The maximum atomic E-state index is 13.0. The molecule has 0 bridgehead atoms. The van der Waals surface area contributed by atoms with Crippen LogP contribution in [0.4, 0.5) is 14.9 Å². The predicted octanol–water partition coefficient (Wildman–Crippen LogP) is 3.61. The van der Waals surface area contributed by atoms with Gasteiger partial charge in [0.15, 0.2) is 0 Å². The molecular formula is C19H20FN3O2S. The third-order valence-corrected chi connectivity index (χ3v) is 5.21. The van der Waals surface area contributed by atoms with Crippen molar-refractivity contribution < 1.29 is 14.0 Å². The molecule has 2 N–H and O–H groups in total. The molecule has 0 saturated carbocycles. The van der Waals surface area contributed by atoms with Crippen molar-refractivity contribution in [1.82, 2.24) is 10.2 Å². The number of nitrogens with zero attached hydrogens (tertiary/aromatic N) is 1. The number of hydrogen-bond acceptors (Lipinski definition) is 3. The maximum Gasteiger partial charge on any atom is 0.323 e. The standard InChI is InChI=1S/C19H20FN3O2S/c1-13(14-5-3-2-4-6-14)21-18(24)17-11-26-12-23(17)19(25)22-16-9-7-15(20)8-10-16/h2-10,13,17H,11-12H2,1H3,(H,21,24)(H,22,25)/t13-,17-/m0/s1. The van der Waals surface area contributed by atoms with Crippen LogP contribution >= 0.6 is 11.8 Å². The van der Waals surface area contributed by atoms with E-state index < -0.39 is 6.04 Å². The summed E-state index contributed by atoms with van der Waals surface area (Å²) in [6.45, 7) is 1.91. The number of nitrogens with one attached hydrogen (secondary N) is 2. The third kappa shape index (κ3) is 4.35. The van der Waals surface area contributed by atoms with Gasteiger partial charge >= 0.3 is 6.03 Å². The first kappa shape index (κ1) is 18.3. The number of urea groups is 1. The molecule has 2 atom stereocenters. The van der Waals surface area contributed by atoms with Gasteiger partial charge in [0.05, 0.1) is 11.9 Å². The molecule has 2 aromatic carbocycles. The first-order valence-electron chi connectivity index (χ1n) is 8.31. The average molecular weight is 373 g/mol. The van der Waals surface area contributed by atoms with E-state index in [9.17, 15) is 14.0 Å². The van der Waals surface area contributed by atoms with E-state index in [0.29, 0.717) is 17.3 Å². The minimum atomic E-state index is -0.536. The molecule has 1 saturated heterocycles. The topological polar surface area (TPSA) is 61.4 Å². The first-order chi connectivity index (χ1) is 12.5. The average Bonchev–Trinajstić information content (AvgIpc) is 3.14. The van der Waals surface area contributed by atoms with Gasteiger partial charge in [-0.15, -0.1) is 11.8 Å². The summed E-state index contributed by atoms with van der Waals surface area (Å²) in [5.41, 5.74) is 1.50. The highest BCUT2D eigenvalue weighted by Gasteiger charge is 2.35. The summed E-state index contributed by atoms with van der Waals surface area (Å²) in [6, 6.07) is 14.2. The minimum Gasteiger partial charge on any atom is -0.348 e. The lowest BCUT2D eigenvalue weighted by Gasteiger charge is -2.25. The highest BCUT2D eigenvalue weighted by molar-refractivity contribution is 7.99. The molecule has 0 aliphatic carbocycles. The zero-order valence-corrected chi connectivity index (χ0v) is 15.1. The van der Waals surface area contributed by atoms with Crippen LogP contribution in [-0.4, -0.2) is 34.5 Å². The quantitative estimate of drug-likeness (QED) is 0.861. The Labute approximate surface area is 156 Å². The van der Waals surface area contributed by atoms with Gasteiger partial charge in [-0.1, -0.05) is 30.3 Å². The van der Waals surface area contributed by atoms with Crippen molar-refractivity contribution in [2.45, 2.75) is 19.0 Å². The number of amides is 3. The molecule has 26 heavy (non-hydrogen) atoms. The van der Waals surface area contributed by atoms with Gasteiger partial charge in [-0.2, -0.15) is 0 Å². The zero-order valence-electron chi connectivity index (χ0n) is 14.3. The summed E-state index contributed by atoms with van der Waals surface area (Å²) < 4.78 is 13.0. The Morgan fingerprint density at radius 2 is 1.85 bits per heavy atom. The van der Waals surface area contributed by atoms with Crippen LogP contribution in [0.2, 0.25) is 0 Å². The minimum absolute atomic E-state index is 0.142. The third-order valence-electron chi connectivity index (χ3n) is 4.20. The Bertz CT molecular complexity index is 770. The number of anilines is 1. The Hall–Kier alpha value is -2.54. The molecule has 1 heterocycles. The van der Waals surface area contributed by atoms with Crippen LogP contribution in [0.3, 0.4) is 0 Å². The van der Waals surface area contributed by atoms with Crippen molar-refractivity contribution in [2.75, 3.05) is 16.9 Å². The fourth-order valence-electron chi connectivity index (χ4n) is 2.72. The molecule has 1 aliphatic heterocycles. The molecule has 1 fully saturated rings. The molecule has 0 radical (unpaired) electrons. The summed E-state index contributed by atoms with van der Waals surface area (Å²) in [4.78, 5) is 26.6. The van der Waals surface area contributed by atoms with Crippen LogP contribution < -0.4 is 10.6 Å². The van der Waals surface area contributed by atoms with Crippen LogP contribution in [0.5, 0.6) is 0 Å². The van der Waals surface area contributed by atoms with Crippen molar-refractivity contribution in [3.05, 3.63) is 66.0 Å². The molecule has 5 nitrogen and oxygen atoms in total. The van der Waals surface area contributed by atoms with Gasteiger partial charge in [-0.05, 0) is 36.8 Å². The fourth-order valence-corrected chi connectivity index (χ4v) is 3.88. The zero-order chi connectivity index (χ0) is 18.5. The molecule has 3 rings (SSSR count). The van der Waals surface area contributed by atoms with E-state index in [-0.39, 0.29) is 23.8 Å². The molecule has 2 aromatic rings. The molecule has 1 aliphatic rings. The van der Waals surface area contributed by atoms with E-state index in [4.69, 9.17) is 0 Å². The number of carbonyl (C=O) groups excluding carboxylic acids is 2. The second-order valence-electron chi connectivity index (χ2n) is 6.06. The Morgan fingerprint density at radius 1 is 1.15 bits per heavy atom. The van der Waals surface area contributed by atoms with Crippen LogP contribution in [0.15, 0.2) is 54.6 Å². The number of thioether (sulfide) groups is 1. The van der Waals surface area contributed by atoms with Crippen LogP contribution in [0.1, 0.15) is 18.5 Å². The lowest BCUT2D eigenvalue weighted by Crippen LogP contribution is -2.49. The Kier molecular flexibility index (Phi) is 5.78. The summed E-state index contributed by atoms with van der Waals surface area (Å²) in [7, 11) is 0. The second kappa shape index (κ2) is 8.23.